The second kappa shape index (κ2) is 9.70. The van der Waals surface area contributed by atoms with E-state index in [1.54, 1.807) is 41.8 Å². The summed E-state index contributed by atoms with van der Waals surface area (Å²) in [5.74, 6) is -1.55. The van der Waals surface area contributed by atoms with Crippen LogP contribution in [0.15, 0.2) is 64.6 Å². The first-order chi connectivity index (χ1) is 16.0. The zero-order valence-electron chi connectivity index (χ0n) is 16.9. The van der Waals surface area contributed by atoms with Gasteiger partial charge in [0.25, 0.3) is 11.8 Å². The van der Waals surface area contributed by atoms with Crippen LogP contribution in [0.3, 0.4) is 0 Å². The van der Waals surface area contributed by atoms with Gasteiger partial charge in [0.1, 0.15) is 10.8 Å². The molecule has 11 nitrogen and oxygen atoms in total. The highest BCUT2D eigenvalue weighted by Gasteiger charge is 2.22. The molecule has 0 aliphatic rings. The van der Waals surface area contributed by atoms with Crippen molar-refractivity contribution in [3.8, 4) is 11.4 Å². The van der Waals surface area contributed by atoms with Crippen molar-refractivity contribution >= 4 is 45.9 Å². The third-order valence-electron chi connectivity index (χ3n) is 4.28. The Labute approximate surface area is 190 Å². The number of carbonyl (C=O) groups excluding carboxylic acids is 3. The number of nitrogens with zero attached hydrogens (tertiary/aromatic N) is 4. The van der Waals surface area contributed by atoms with Gasteiger partial charge in [0, 0.05) is 11.6 Å². The first kappa shape index (κ1) is 21.6. The summed E-state index contributed by atoms with van der Waals surface area (Å²) in [7, 11) is 0. The molecule has 0 fully saturated rings. The van der Waals surface area contributed by atoms with Gasteiger partial charge >= 0.3 is 5.97 Å². The number of benzene rings is 1. The zero-order chi connectivity index (χ0) is 23.2. The molecule has 3 aromatic heterocycles. The summed E-state index contributed by atoms with van der Waals surface area (Å²) < 4.78 is 11.7. The van der Waals surface area contributed by atoms with Gasteiger partial charge in [-0.2, -0.15) is 4.68 Å². The number of anilines is 1. The Morgan fingerprint density at radius 1 is 1.15 bits per heavy atom. The van der Waals surface area contributed by atoms with Crippen LogP contribution >= 0.6 is 11.3 Å². The lowest BCUT2D eigenvalue weighted by atomic mass is 10.2. The van der Waals surface area contributed by atoms with Gasteiger partial charge in [-0.15, -0.1) is 16.4 Å². The number of tetrazole rings is 1. The summed E-state index contributed by atoms with van der Waals surface area (Å²) in [6, 6.07) is 13.8. The Bertz CT molecular complexity index is 1310. The normalized spacial score (nSPS) is 11.2. The van der Waals surface area contributed by atoms with E-state index in [9.17, 15) is 14.4 Å². The fourth-order valence-electron chi connectivity index (χ4n) is 2.80. The molecule has 0 saturated heterocycles. The van der Waals surface area contributed by atoms with Gasteiger partial charge in [-0.3, -0.25) is 9.59 Å². The van der Waals surface area contributed by atoms with Gasteiger partial charge in [-0.1, -0.05) is 30.3 Å². The zero-order valence-corrected chi connectivity index (χ0v) is 17.7. The van der Waals surface area contributed by atoms with Crippen LogP contribution in [0.2, 0.25) is 0 Å². The first-order valence-corrected chi connectivity index (χ1v) is 10.3. The number of ether oxygens (including phenoxy) is 1. The predicted molar refractivity (Wildman–Crippen MR) is 119 cm³/mol. The molecule has 0 saturated carbocycles. The number of rotatable bonds is 8. The SMILES string of the molecule is NC(=O)c1ccsc1NC(=O)COC(=O)C(=Cc1ccco1)n1nnnc1-c1ccccc1. The Hall–Kier alpha value is -4.58. The van der Waals surface area contributed by atoms with Crippen LogP contribution in [0.5, 0.6) is 0 Å². The average Bonchev–Trinajstić information content (AvgIpc) is 3.58. The fourth-order valence-corrected chi connectivity index (χ4v) is 3.61. The van der Waals surface area contributed by atoms with Crippen molar-refractivity contribution in [1.29, 1.82) is 0 Å². The second-order valence-electron chi connectivity index (χ2n) is 6.48. The van der Waals surface area contributed by atoms with Crippen molar-refractivity contribution in [2.45, 2.75) is 0 Å². The molecule has 0 bridgehead atoms. The molecular formula is C21H16N6O5S. The van der Waals surface area contributed by atoms with Gasteiger partial charge in [0.05, 0.1) is 11.8 Å². The van der Waals surface area contributed by atoms with Crippen molar-refractivity contribution in [3.63, 3.8) is 0 Å². The van der Waals surface area contributed by atoms with Crippen molar-refractivity contribution in [2.75, 3.05) is 11.9 Å². The van der Waals surface area contributed by atoms with Crippen molar-refractivity contribution in [2.24, 2.45) is 5.73 Å². The summed E-state index contributed by atoms with van der Waals surface area (Å²) in [4.78, 5) is 36.6. The standard InChI is InChI=1S/C21H16N6O5S/c22-18(29)15-8-10-33-20(15)23-17(28)12-32-21(30)16(11-14-7-4-9-31-14)27-19(24-25-26-27)13-5-2-1-3-6-13/h1-11H,12H2,(H2,22,29)(H,23,28). The fraction of sp³-hybridized carbons (Fsp3) is 0.0476. The molecule has 0 atom stereocenters. The van der Waals surface area contributed by atoms with E-state index in [2.05, 4.69) is 20.8 Å². The van der Waals surface area contributed by atoms with Crippen LogP contribution in [0.4, 0.5) is 5.00 Å². The van der Waals surface area contributed by atoms with Crippen LogP contribution in [0, 0.1) is 0 Å². The summed E-state index contributed by atoms with van der Waals surface area (Å²) in [6.07, 6.45) is 2.84. The highest BCUT2D eigenvalue weighted by molar-refractivity contribution is 7.14. The highest BCUT2D eigenvalue weighted by atomic mass is 32.1. The molecule has 0 aliphatic carbocycles. The summed E-state index contributed by atoms with van der Waals surface area (Å²) in [5, 5.41) is 15.9. The molecule has 0 unspecified atom stereocenters. The van der Waals surface area contributed by atoms with Crippen molar-refractivity contribution in [1.82, 2.24) is 20.2 Å². The molecular weight excluding hydrogens is 448 g/mol. The quantitative estimate of drug-likeness (QED) is 0.297. The summed E-state index contributed by atoms with van der Waals surface area (Å²) in [6.45, 7) is -0.618. The maximum absolute atomic E-state index is 12.9. The van der Waals surface area contributed by atoms with Crippen LogP contribution in [0.25, 0.3) is 23.2 Å². The lowest BCUT2D eigenvalue weighted by Crippen LogP contribution is -2.24. The number of carbonyl (C=O) groups is 3. The van der Waals surface area contributed by atoms with Gasteiger partial charge in [0.15, 0.2) is 18.1 Å². The number of hydrogen-bond donors (Lipinski definition) is 2. The molecule has 4 rings (SSSR count). The van der Waals surface area contributed by atoms with Crippen LogP contribution in [-0.2, 0) is 14.3 Å². The van der Waals surface area contributed by atoms with Crippen molar-refractivity contribution < 1.29 is 23.5 Å². The minimum Gasteiger partial charge on any atom is -0.465 e. The molecule has 166 valence electrons. The Morgan fingerprint density at radius 3 is 2.70 bits per heavy atom. The molecule has 12 heteroatoms. The van der Waals surface area contributed by atoms with E-state index < -0.39 is 24.4 Å². The molecule has 0 radical (unpaired) electrons. The van der Waals surface area contributed by atoms with Gasteiger partial charge < -0.3 is 20.2 Å². The van der Waals surface area contributed by atoms with Gasteiger partial charge in [0.2, 0.25) is 0 Å². The molecule has 1 aromatic carbocycles. The van der Waals surface area contributed by atoms with E-state index in [0.29, 0.717) is 17.1 Å². The van der Waals surface area contributed by atoms with E-state index in [-0.39, 0.29) is 16.3 Å². The minimum atomic E-state index is -0.868. The molecule has 2 amide bonds. The number of furan rings is 1. The Morgan fingerprint density at radius 2 is 1.97 bits per heavy atom. The van der Waals surface area contributed by atoms with Crippen LogP contribution in [-0.4, -0.2) is 44.6 Å². The monoisotopic (exact) mass is 464 g/mol. The lowest BCUT2D eigenvalue weighted by Gasteiger charge is -2.10. The number of thiophene rings is 1. The number of nitrogens with one attached hydrogen (secondary N) is 1. The van der Waals surface area contributed by atoms with E-state index >= 15 is 0 Å². The summed E-state index contributed by atoms with van der Waals surface area (Å²) >= 11 is 1.12. The van der Waals surface area contributed by atoms with Gasteiger partial charge in [-0.05, 0) is 34.0 Å². The number of esters is 1. The lowest BCUT2D eigenvalue weighted by molar-refractivity contribution is -0.141. The number of aromatic nitrogens is 4. The minimum absolute atomic E-state index is 0.0736. The third-order valence-corrected chi connectivity index (χ3v) is 5.11. The van der Waals surface area contributed by atoms with E-state index in [4.69, 9.17) is 14.9 Å². The Balaban J connectivity index is 1.55. The summed E-state index contributed by atoms with van der Waals surface area (Å²) in [5.41, 5.74) is 6.03. The number of hydrogen-bond acceptors (Lipinski definition) is 9. The van der Waals surface area contributed by atoms with Crippen molar-refractivity contribution in [3.05, 3.63) is 71.5 Å². The molecule has 0 spiro atoms. The molecule has 3 N–H and O–H groups in total. The molecule has 3 heterocycles. The maximum Gasteiger partial charge on any atom is 0.357 e. The van der Waals surface area contributed by atoms with Crippen LogP contribution in [0.1, 0.15) is 16.1 Å². The molecule has 4 aromatic rings. The smallest absolute Gasteiger partial charge is 0.357 e. The first-order valence-electron chi connectivity index (χ1n) is 9.46. The van der Waals surface area contributed by atoms with Gasteiger partial charge in [-0.25, -0.2) is 4.79 Å². The number of amides is 2. The van der Waals surface area contributed by atoms with E-state index in [0.717, 1.165) is 11.3 Å². The molecule has 33 heavy (non-hydrogen) atoms. The third kappa shape index (κ3) is 5.02. The Kier molecular flexibility index (Phi) is 6.36. The average molecular weight is 464 g/mol. The number of primary amides is 1. The van der Waals surface area contributed by atoms with E-state index in [1.807, 2.05) is 6.07 Å². The largest absolute Gasteiger partial charge is 0.465 e. The maximum atomic E-state index is 12.9. The molecule has 0 aliphatic heterocycles. The second-order valence-corrected chi connectivity index (χ2v) is 7.39. The topological polar surface area (TPSA) is 155 Å². The predicted octanol–water partition coefficient (Wildman–Crippen LogP) is 2.27. The van der Waals surface area contributed by atoms with Crippen LogP contribution < -0.4 is 11.1 Å². The highest BCUT2D eigenvalue weighted by Crippen LogP contribution is 2.23. The van der Waals surface area contributed by atoms with E-state index in [1.165, 1.54) is 23.1 Å². The number of nitrogens with two attached hydrogens (primary N) is 1.